The van der Waals surface area contributed by atoms with E-state index in [1.165, 1.54) is 24.8 Å². The molecule has 1 aromatic heterocycles. The Labute approximate surface area is 170 Å². The number of unbranched alkanes of at least 4 members (excludes halogenated alkanes) is 2. The van der Waals surface area contributed by atoms with Crippen molar-refractivity contribution in [2.24, 2.45) is 12.1 Å². The predicted molar refractivity (Wildman–Crippen MR) is 113 cm³/mol. The van der Waals surface area contributed by atoms with E-state index in [2.05, 4.69) is 33.7 Å². The molecule has 6 nitrogen and oxygen atoms in total. The average molecular weight is 398 g/mol. The summed E-state index contributed by atoms with van der Waals surface area (Å²) in [6.45, 7) is 2.21. The summed E-state index contributed by atoms with van der Waals surface area (Å²) < 4.78 is 1.89. The highest BCUT2D eigenvalue weighted by molar-refractivity contribution is 7.98. The fourth-order valence-electron chi connectivity index (χ4n) is 3.09. The SMILES string of the molecule is CCCCCC1=CCC/C1=N/NC(=O)c1ccc(CSc2nncn2C)cc1. The molecule has 0 unspecified atom stereocenters. The summed E-state index contributed by atoms with van der Waals surface area (Å²) in [6, 6.07) is 7.62. The fourth-order valence-corrected chi connectivity index (χ4v) is 3.93. The number of hydrogen-bond acceptors (Lipinski definition) is 5. The first-order valence-electron chi connectivity index (χ1n) is 9.79. The van der Waals surface area contributed by atoms with Crippen LogP contribution < -0.4 is 5.43 Å². The number of thioether (sulfide) groups is 1. The van der Waals surface area contributed by atoms with E-state index in [4.69, 9.17) is 0 Å². The number of benzene rings is 1. The number of amides is 1. The van der Waals surface area contributed by atoms with E-state index in [1.54, 1.807) is 18.1 Å². The van der Waals surface area contributed by atoms with Crippen LogP contribution in [0, 0.1) is 0 Å². The van der Waals surface area contributed by atoms with Crippen LogP contribution in [0.4, 0.5) is 0 Å². The third kappa shape index (κ3) is 5.55. The zero-order valence-corrected chi connectivity index (χ0v) is 17.3. The molecule has 0 fully saturated rings. The summed E-state index contributed by atoms with van der Waals surface area (Å²) in [4.78, 5) is 12.4. The molecule has 1 aliphatic rings. The molecule has 28 heavy (non-hydrogen) atoms. The lowest BCUT2D eigenvalue weighted by molar-refractivity contribution is 0.0955. The molecule has 0 bridgehead atoms. The first kappa shape index (κ1) is 20.3. The van der Waals surface area contributed by atoms with Crippen LogP contribution in [-0.4, -0.2) is 26.4 Å². The van der Waals surface area contributed by atoms with Gasteiger partial charge in [0.1, 0.15) is 6.33 Å². The van der Waals surface area contributed by atoms with Gasteiger partial charge in [-0.1, -0.05) is 49.7 Å². The molecular weight excluding hydrogens is 370 g/mol. The maximum absolute atomic E-state index is 12.4. The largest absolute Gasteiger partial charge is 0.312 e. The molecule has 1 aromatic carbocycles. The predicted octanol–water partition coefficient (Wildman–Crippen LogP) is 4.49. The number of carbonyl (C=O) groups excluding carboxylic acids is 1. The van der Waals surface area contributed by atoms with Crippen LogP contribution in [0.5, 0.6) is 0 Å². The summed E-state index contributed by atoms with van der Waals surface area (Å²) in [7, 11) is 1.92. The molecule has 0 atom stereocenters. The molecule has 0 spiro atoms. The molecule has 3 rings (SSSR count). The number of rotatable bonds is 9. The number of allylic oxidation sites excluding steroid dienone is 2. The van der Waals surface area contributed by atoms with Crippen LogP contribution >= 0.6 is 11.8 Å². The van der Waals surface area contributed by atoms with Gasteiger partial charge in [0.15, 0.2) is 5.16 Å². The first-order valence-corrected chi connectivity index (χ1v) is 10.8. The highest BCUT2D eigenvalue weighted by Gasteiger charge is 2.14. The number of nitrogens with one attached hydrogen (secondary N) is 1. The molecule has 0 radical (unpaired) electrons. The lowest BCUT2D eigenvalue weighted by Crippen LogP contribution is -2.19. The van der Waals surface area contributed by atoms with Crippen LogP contribution in [-0.2, 0) is 12.8 Å². The van der Waals surface area contributed by atoms with Crippen molar-refractivity contribution in [3.05, 3.63) is 53.4 Å². The number of aromatic nitrogens is 3. The Balaban J connectivity index is 1.51. The molecular formula is C21H27N5OS. The molecule has 1 N–H and O–H groups in total. The Kier molecular flexibility index (Phi) is 7.42. The van der Waals surface area contributed by atoms with E-state index >= 15 is 0 Å². The maximum atomic E-state index is 12.4. The highest BCUT2D eigenvalue weighted by Crippen LogP contribution is 2.22. The van der Waals surface area contributed by atoms with Gasteiger partial charge in [-0.2, -0.15) is 5.10 Å². The van der Waals surface area contributed by atoms with Crippen LogP contribution in [0.2, 0.25) is 0 Å². The fraction of sp³-hybridized carbons (Fsp3) is 0.429. The third-order valence-electron chi connectivity index (χ3n) is 4.74. The summed E-state index contributed by atoms with van der Waals surface area (Å²) in [5.74, 6) is 0.614. The van der Waals surface area contributed by atoms with Gasteiger partial charge in [-0.05, 0) is 49.0 Å². The van der Waals surface area contributed by atoms with Crippen LogP contribution in [0.1, 0.15) is 61.4 Å². The normalized spacial score (nSPS) is 15.1. The van der Waals surface area contributed by atoms with Crippen molar-refractivity contribution in [3.63, 3.8) is 0 Å². The molecule has 7 heteroatoms. The number of hydrogen-bond donors (Lipinski definition) is 1. The molecule has 1 aliphatic carbocycles. The van der Waals surface area contributed by atoms with E-state index in [0.29, 0.717) is 5.56 Å². The minimum Gasteiger partial charge on any atom is -0.312 e. The number of aryl methyl sites for hydroxylation is 1. The van der Waals surface area contributed by atoms with E-state index in [9.17, 15) is 4.79 Å². The van der Waals surface area contributed by atoms with Crippen molar-refractivity contribution >= 4 is 23.4 Å². The summed E-state index contributed by atoms with van der Waals surface area (Å²) in [5.41, 5.74) is 6.80. The average Bonchev–Trinajstić information content (AvgIpc) is 3.33. The van der Waals surface area contributed by atoms with Crippen molar-refractivity contribution in [2.45, 2.75) is 56.4 Å². The van der Waals surface area contributed by atoms with Gasteiger partial charge in [0.05, 0.1) is 5.71 Å². The lowest BCUT2D eigenvalue weighted by atomic mass is 10.1. The Morgan fingerprint density at radius 1 is 1.29 bits per heavy atom. The van der Waals surface area contributed by atoms with Gasteiger partial charge in [-0.3, -0.25) is 4.79 Å². The molecule has 1 amide bonds. The quantitative estimate of drug-likeness (QED) is 0.384. The summed E-state index contributed by atoms with van der Waals surface area (Å²) in [5, 5.41) is 13.2. The van der Waals surface area contributed by atoms with E-state index in [-0.39, 0.29) is 5.91 Å². The number of nitrogens with zero attached hydrogens (tertiary/aromatic N) is 4. The zero-order valence-electron chi connectivity index (χ0n) is 16.5. The Bertz CT molecular complexity index is 854. The Morgan fingerprint density at radius 3 is 2.82 bits per heavy atom. The Morgan fingerprint density at radius 2 is 2.11 bits per heavy atom. The van der Waals surface area contributed by atoms with Gasteiger partial charge in [0.25, 0.3) is 5.91 Å². The second-order valence-corrected chi connectivity index (χ2v) is 7.88. The molecule has 148 valence electrons. The van der Waals surface area contributed by atoms with Crippen LogP contribution in [0.25, 0.3) is 0 Å². The standard InChI is InChI=1S/C21H27N5OS/c1-3-4-5-7-17-8-6-9-19(17)23-24-20(27)18-12-10-16(11-13-18)14-28-21-25-22-15-26(21)2/h8,10-13,15H,3-7,9,14H2,1-2H3,(H,24,27)/b23-19-. The van der Waals surface area contributed by atoms with Crippen molar-refractivity contribution < 1.29 is 4.79 Å². The Hall–Kier alpha value is -2.41. The lowest BCUT2D eigenvalue weighted by Gasteiger charge is -2.06. The molecule has 0 saturated heterocycles. The molecule has 0 saturated carbocycles. The van der Waals surface area contributed by atoms with E-state index in [1.807, 2.05) is 35.9 Å². The van der Waals surface area contributed by atoms with Gasteiger partial charge in [0, 0.05) is 18.4 Å². The van der Waals surface area contributed by atoms with Crippen molar-refractivity contribution in [3.8, 4) is 0 Å². The van der Waals surface area contributed by atoms with E-state index < -0.39 is 0 Å². The van der Waals surface area contributed by atoms with E-state index in [0.717, 1.165) is 41.4 Å². The monoisotopic (exact) mass is 397 g/mol. The second kappa shape index (κ2) is 10.2. The smallest absolute Gasteiger partial charge is 0.271 e. The highest BCUT2D eigenvalue weighted by atomic mass is 32.2. The molecule has 1 heterocycles. The molecule has 0 aliphatic heterocycles. The van der Waals surface area contributed by atoms with Gasteiger partial charge < -0.3 is 4.57 Å². The number of hydrazone groups is 1. The van der Waals surface area contributed by atoms with Crippen LogP contribution in [0.15, 0.2) is 52.5 Å². The van der Waals surface area contributed by atoms with Gasteiger partial charge in [-0.25, -0.2) is 5.43 Å². The minimum atomic E-state index is -0.167. The van der Waals surface area contributed by atoms with Gasteiger partial charge in [-0.15, -0.1) is 10.2 Å². The van der Waals surface area contributed by atoms with Crippen molar-refractivity contribution in [1.29, 1.82) is 0 Å². The molecule has 2 aromatic rings. The van der Waals surface area contributed by atoms with Crippen LogP contribution in [0.3, 0.4) is 0 Å². The second-order valence-electron chi connectivity index (χ2n) is 6.93. The van der Waals surface area contributed by atoms with Gasteiger partial charge in [0.2, 0.25) is 0 Å². The minimum absolute atomic E-state index is 0.167. The van der Waals surface area contributed by atoms with Gasteiger partial charge >= 0.3 is 0 Å². The van der Waals surface area contributed by atoms with Crippen molar-refractivity contribution in [1.82, 2.24) is 20.2 Å². The number of carbonyl (C=O) groups is 1. The summed E-state index contributed by atoms with van der Waals surface area (Å²) in [6.07, 6.45) is 10.6. The maximum Gasteiger partial charge on any atom is 0.271 e. The summed E-state index contributed by atoms with van der Waals surface area (Å²) >= 11 is 1.62. The van der Waals surface area contributed by atoms with Crippen molar-refractivity contribution in [2.75, 3.05) is 0 Å². The first-order chi connectivity index (χ1) is 13.7. The topological polar surface area (TPSA) is 72.2 Å². The zero-order chi connectivity index (χ0) is 19.8. The third-order valence-corrected chi connectivity index (χ3v) is 5.84.